The highest BCUT2D eigenvalue weighted by atomic mass is 32.2. The van der Waals surface area contributed by atoms with Crippen LogP contribution < -0.4 is 0 Å². The summed E-state index contributed by atoms with van der Waals surface area (Å²) >= 11 is 0. The van der Waals surface area contributed by atoms with E-state index in [0.717, 1.165) is 57.0 Å². The normalized spacial score (nSPS) is 27.0. The van der Waals surface area contributed by atoms with Gasteiger partial charge >= 0.3 is 0 Å². The van der Waals surface area contributed by atoms with Crippen LogP contribution in [0, 0.1) is 0 Å². The Hall–Kier alpha value is -0.990. The lowest BCUT2D eigenvalue weighted by Gasteiger charge is -2.31. The molecule has 0 aromatic carbocycles. The minimum atomic E-state index is -3.09. The van der Waals surface area contributed by atoms with Crippen LogP contribution in [0.4, 0.5) is 0 Å². The molecule has 3 heterocycles. The van der Waals surface area contributed by atoms with E-state index in [1.165, 1.54) is 12.8 Å². The molecular formula is C16H27N5O2S. The van der Waals surface area contributed by atoms with Gasteiger partial charge in [0.2, 0.25) is 10.0 Å². The van der Waals surface area contributed by atoms with Gasteiger partial charge in [-0.25, -0.2) is 12.7 Å². The molecule has 0 bridgehead atoms. The number of nitrogens with zero attached hydrogens (tertiary/aromatic N) is 5. The molecule has 0 N–H and O–H groups in total. The van der Waals surface area contributed by atoms with Gasteiger partial charge in [-0.15, -0.1) is 10.2 Å². The maximum Gasteiger partial charge on any atom is 0.217 e. The van der Waals surface area contributed by atoms with Gasteiger partial charge in [0.15, 0.2) is 0 Å². The summed E-state index contributed by atoms with van der Waals surface area (Å²) in [5, 5.41) is 8.69. The van der Waals surface area contributed by atoms with E-state index in [-0.39, 0.29) is 11.2 Å². The first-order valence-corrected chi connectivity index (χ1v) is 10.7. The van der Waals surface area contributed by atoms with Gasteiger partial charge < -0.3 is 4.57 Å². The van der Waals surface area contributed by atoms with E-state index >= 15 is 0 Å². The number of aromatic nitrogens is 3. The number of hydrogen-bond donors (Lipinski definition) is 0. The Morgan fingerprint density at radius 2 is 1.79 bits per heavy atom. The summed E-state index contributed by atoms with van der Waals surface area (Å²) in [6.07, 6.45) is 6.08. The fraction of sp³-hybridized carbons (Fsp3) is 0.875. The van der Waals surface area contributed by atoms with Gasteiger partial charge in [-0.3, -0.25) is 4.90 Å². The van der Waals surface area contributed by atoms with Crippen LogP contribution in [0.2, 0.25) is 0 Å². The van der Waals surface area contributed by atoms with Crippen molar-refractivity contribution in [1.82, 2.24) is 24.0 Å². The summed E-state index contributed by atoms with van der Waals surface area (Å²) in [4.78, 5) is 2.42. The Balaban J connectivity index is 1.48. The van der Waals surface area contributed by atoms with E-state index in [2.05, 4.69) is 19.7 Å². The first-order valence-electron chi connectivity index (χ1n) is 9.15. The van der Waals surface area contributed by atoms with Crippen LogP contribution in [0.1, 0.15) is 56.1 Å². The van der Waals surface area contributed by atoms with Gasteiger partial charge in [0, 0.05) is 26.1 Å². The molecule has 24 heavy (non-hydrogen) atoms. The van der Waals surface area contributed by atoms with Crippen molar-refractivity contribution in [2.75, 3.05) is 26.2 Å². The smallest absolute Gasteiger partial charge is 0.217 e. The van der Waals surface area contributed by atoms with Gasteiger partial charge in [0.25, 0.3) is 0 Å². The van der Waals surface area contributed by atoms with Crippen LogP contribution in [0.5, 0.6) is 0 Å². The average Bonchev–Trinajstić information content (AvgIpc) is 3.23. The monoisotopic (exact) mass is 353 g/mol. The lowest BCUT2D eigenvalue weighted by atomic mass is 9.99. The zero-order valence-electron chi connectivity index (χ0n) is 14.4. The van der Waals surface area contributed by atoms with E-state index in [1.807, 2.05) is 7.05 Å². The predicted octanol–water partition coefficient (Wildman–Crippen LogP) is 1.08. The van der Waals surface area contributed by atoms with E-state index < -0.39 is 10.0 Å². The highest BCUT2D eigenvalue weighted by Crippen LogP contribution is 2.35. The molecule has 1 atom stereocenters. The van der Waals surface area contributed by atoms with Crippen molar-refractivity contribution in [3.63, 3.8) is 0 Å². The molecular weight excluding hydrogens is 326 g/mol. The van der Waals surface area contributed by atoms with Crippen molar-refractivity contribution in [3.8, 4) is 0 Å². The maximum atomic E-state index is 12.5. The summed E-state index contributed by atoms with van der Waals surface area (Å²) in [6, 6.07) is 0. The van der Waals surface area contributed by atoms with E-state index in [4.69, 9.17) is 0 Å². The Morgan fingerprint density at radius 1 is 1.04 bits per heavy atom. The first-order chi connectivity index (χ1) is 11.6. The predicted molar refractivity (Wildman–Crippen MR) is 91.0 cm³/mol. The van der Waals surface area contributed by atoms with Crippen molar-refractivity contribution in [3.05, 3.63) is 11.6 Å². The second-order valence-corrected chi connectivity index (χ2v) is 9.67. The van der Waals surface area contributed by atoms with Crippen LogP contribution in [-0.4, -0.2) is 63.8 Å². The molecule has 1 unspecified atom stereocenters. The van der Waals surface area contributed by atoms with Gasteiger partial charge in [-0.2, -0.15) is 0 Å². The second kappa shape index (κ2) is 6.38. The molecule has 3 aliphatic rings. The van der Waals surface area contributed by atoms with Crippen molar-refractivity contribution < 1.29 is 8.42 Å². The molecule has 7 nitrogen and oxygen atoms in total. The summed E-state index contributed by atoms with van der Waals surface area (Å²) < 4.78 is 28.8. The molecule has 0 radical (unpaired) electrons. The number of rotatable bonds is 5. The summed E-state index contributed by atoms with van der Waals surface area (Å²) in [5.41, 5.74) is 0. The fourth-order valence-electron chi connectivity index (χ4n) is 3.97. The number of sulfonamides is 1. The topological polar surface area (TPSA) is 71.3 Å². The van der Waals surface area contributed by atoms with Crippen LogP contribution in [0.15, 0.2) is 0 Å². The van der Waals surface area contributed by atoms with E-state index in [9.17, 15) is 8.42 Å². The van der Waals surface area contributed by atoms with Gasteiger partial charge in [0.05, 0.1) is 11.8 Å². The van der Waals surface area contributed by atoms with Crippen LogP contribution in [-0.2, 0) is 23.6 Å². The van der Waals surface area contributed by atoms with Crippen LogP contribution >= 0.6 is 0 Å². The van der Waals surface area contributed by atoms with Gasteiger partial charge in [-0.1, -0.05) is 0 Å². The van der Waals surface area contributed by atoms with E-state index in [1.54, 1.807) is 4.31 Å². The minimum Gasteiger partial charge on any atom is -0.317 e. The lowest BCUT2D eigenvalue weighted by molar-refractivity contribution is 0.301. The molecule has 2 saturated heterocycles. The molecule has 134 valence electrons. The quantitative estimate of drug-likeness (QED) is 0.792. The molecule has 1 saturated carbocycles. The molecule has 1 aromatic rings. The second-order valence-electron chi connectivity index (χ2n) is 7.46. The highest BCUT2D eigenvalue weighted by Gasteiger charge is 2.42. The summed E-state index contributed by atoms with van der Waals surface area (Å²) in [6.45, 7) is 4.35. The van der Waals surface area contributed by atoms with Gasteiger partial charge in [-0.05, 0) is 51.6 Å². The SMILES string of the molecule is Cn1c(CN2CCCC2)nnc1C1CCCN(S(=O)(=O)C2CC2)C1. The number of piperidine rings is 1. The van der Waals surface area contributed by atoms with Crippen LogP contribution in [0.3, 0.4) is 0 Å². The lowest BCUT2D eigenvalue weighted by Crippen LogP contribution is -2.41. The first kappa shape index (κ1) is 16.5. The fourth-order valence-corrected chi connectivity index (χ4v) is 5.90. The third kappa shape index (κ3) is 3.11. The molecule has 0 spiro atoms. The molecule has 1 aliphatic carbocycles. The molecule has 1 aromatic heterocycles. The Morgan fingerprint density at radius 3 is 2.50 bits per heavy atom. The molecule has 3 fully saturated rings. The maximum absolute atomic E-state index is 12.5. The summed E-state index contributed by atoms with van der Waals surface area (Å²) in [5.74, 6) is 2.10. The van der Waals surface area contributed by atoms with Gasteiger partial charge in [0.1, 0.15) is 11.6 Å². The van der Waals surface area contributed by atoms with Crippen LogP contribution in [0.25, 0.3) is 0 Å². The highest BCUT2D eigenvalue weighted by molar-refractivity contribution is 7.90. The summed E-state index contributed by atoms with van der Waals surface area (Å²) in [7, 11) is -1.06. The van der Waals surface area contributed by atoms with Crippen molar-refractivity contribution in [2.45, 2.75) is 56.2 Å². The van der Waals surface area contributed by atoms with Crippen molar-refractivity contribution in [1.29, 1.82) is 0 Å². The molecule has 4 rings (SSSR count). The number of hydrogen-bond acceptors (Lipinski definition) is 5. The Kier molecular flexibility index (Phi) is 4.38. The van der Waals surface area contributed by atoms with E-state index in [0.29, 0.717) is 13.1 Å². The van der Waals surface area contributed by atoms with Crippen molar-refractivity contribution >= 4 is 10.0 Å². The molecule has 0 amide bonds. The zero-order chi connectivity index (χ0) is 16.7. The third-order valence-electron chi connectivity index (χ3n) is 5.62. The zero-order valence-corrected chi connectivity index (χ0v) is 15.2. The Bertz CT molecular complexity index is 691. The third-order valence-corrected chi connectivity index (χ3v) is 7.98. The molecule has 8 heteroatoms. The number of likely N-dealkylation sites (tertiary alicyclic amines) is 1. The average molecular weight is 353 g/mol. The minimum absolute atomic E-state index is 0.124. The standard InChI is InChI=1S/C16H27N5O2S/c1-19-15(12-20-8-2-3-9-20)17-18-16(19)13-5-4-10-21(11-13)24(22,23)14-6-7-14/h13-14H,2-12H2,1H3. The van der Waals surface area contributed by atoms with Crippen molar-refractivity contribution in [2.24, 2.45) is 7.05 Å². The largest absolute Gasteiger partial charge is 0.317 e. The Labute approximate surface area is 144 Å². The molecule has 2 aliphatic heterocycles.